The fourth-order valence-electron chi connectivity index (χ4n) is 1.58. The van der Waals surface area contributed by atoms with E-state index in [0.717, 1.165) is 4.68 Å². The molecule has 5 nitrogen and oxygen atoms in total. The zero-order valence-electron chi connectivity index (χ0n) is 9.96. The maximum absolute atomic E-state index is 13.1. The van der Waals surface area contributed by atoms with Crippen molar-refractivity contribution in [3.8, 4) is 5.69 Å². The fraction of sp³-hybridized carbons (Fsp3) is 0.167. The van der Waals surface area contributed by atoms with E-state index in [4.69, 9.17) is 5.73 Å². The number of benzene rings is 1. The third-order valence-corrected chi connectivity index (χ3v) is 2.59. The minimum absolute atomic E-state index is 0.00420. The zero-order valence-corrected chi connectivity index (χ0v) is 9.96. The predicted molar refractivity (Wildman–Crippen MR) is 66.0 cm³/mol. The largest absolute Gasteiger partial charge is 0.350 e. The Labute approximate surface area is 107 Å². The minimum Gasteiger partial charge on any atom is -0.327 e. The third kappa shape index (κ3) is 2.76. The molecular weight excluding hydrogens is 254 g/mol. The lowest BCUT2D eigenvalue weighted by Gasteiger charge is -2.02. The molecule has 0 radical (unpaired) electrons. The van der Waals surface area contributed by atoms with Crippen LogP contribution in [-0.2, 0) is 6.54 Å². The average Bonchev–Trinajstić information content (AvgIpc) is 2.77. The molecule has 0 bridgehead atoms. The first kappa shape index (κ1) is 13.2. The summed E-state index contributed by atoms with van der Waals surface area (Å²) in [5.74, 6) is -0.455. The molecular formula is C12H12F2N4O. The van der Waals surface area contributed by atoms with Crippen LogP contribution in [0.5, 0.6) is 0 Å². The Balaban J connectivity index is 2.36. The summed E-state index contributed by atoms with van der Waals surface area (Å²) in [5, 5.41) is 3.84. The van der Waals surface area contributed by atoms with Crippen LogP contribution in [0.2, 0.25) is 0 Å². The van der Waals surface area contributed by atoms with Crippen molar-refractivity contribution in [3.05, 3.63) is 58.8 Å². The smallest absolute Gasteiger partial charge is 0.327 e. The van der Waals surface area contributed by atoms with Gasteiger partial charge in [-0.05, 0) is 23.8 Å². The second-order valence-corrected chi connectivity index (χ2v) is 3.89. The quantitative estimate of drug-likeness (QED) is 0.897. The molecule has 2 rings (SSSR count). The number of nitrogens with two attached hydrogens (primary N) is 1. The number of hydrogen-bond acceptors (Lipinski definition) is 3. The summed E-state index contributed by atoms with van der Waals surface area (Å²) in [7, 11) is 0. The van der Waals surface area contributed by atoms with Crippen LogP contribution in [-0.4, -0.2) is 20.9 Å². The summed E-state index contributed by atoms with van der Waals surface area (Å²) in [5.41, 5.74) is 5.42. The highest BCUT2D eigenvalue weighted by atomic mass is 19.1. The van der Waals surface area contributed by atoms with E-state index < -0.39 is 11.5 Å². The molecule has 0 saturated carbocycles. The van der Waals surface area contributed by atoms with Gasteiger partial charge in [0, 0.05) is 6.54 Å². The molecule has 100 valence electrons. The molecule has 0 atom stereocenters. The van der Waals surface area contributed by atoms with Crippen molar-refractivity contribution in [2.24, 2.45) is 5.73 Å². The number of rotatable bonds is 4. The molecule has 1 aromatic carbocycles. The van der Waals surface area contributed by atoms with Crippen LogP contribution in [0.3, 0.4) is 0 Å². The second kappa shape index (κ2) is 5.57. The highest BCUT2D eigenvalue weighted by Crippen LogP contribution is 2.07. The Hall–Kier alpha value is -2.28. The molecule has 19 heavy (non-hydrogen) atoms. The normalized spacial score (nSPS) is 11.8. The van der Waals surface area contributed by atoms with Crippen molar-refractivity contribution in [3.63, 3.8) is 0 Å². The van der Waals surface area contributed by atoms with Gasteiger partial charge in [-0.3, -0.25) is 0 Å². The molecule has 1 aromatic heterocycles. The van der Waals surface area contributed by atoms with Crippen molar-refractivity contribution in [2.45, 2.75) is 6.54 Å². The Morgan fingerprint density at radius 1 is 1.47 bits per heavy atom. The monoisotopic (exact) mass is 266 g/mol. The molecule has 7 heteroatoms. The molecule has 0 spiro atoms. The predicted octanol–water partition coefficient (Wildman–Crippen LogP) is 0.985. The lowest BCUT2D eigenvalue weighted by molar-refractivity contribution is 0.611. The molecule has 0 aliphatic carbocycles. The summed E-state index contributed by atoms with van der Waals surface area (Å²) in [6, 6.07) is 5.55. The van der Waals surface area contributed by atoms with Crippen LogP contribution in [0.25, 0.3) is 5.69 Å². The van der Waals surface area contributed by atoms with Crippen LogP contribution in [0.1, 0.15) is 0 Å². The van der Waals surface area contributed by atoms with Gasteiger partial charge in [0.15, 0.2) is 0 Å². The summed E-state index contributed by atoms with van der Waals surface area (Å²) in [6.07, 6.45) is 1.61. The number of nitrogens with zero attached hydrogens (tertiary/aromatic N) is 3. The van der Waals surface area contributed by atoms with Gasteiger partial charge in [0.2, 0.25) is 0 Å². The number of hydrogen-bond donors (Lipinski definition) is 1. The van der Waals surface area contributed by atoms with E-state index in [2.05, 4.69) is 5.10 Å². The first-order valence-corrected chi connectivity index (χ1v) is 5.54. The van der Waals surface area contributed by atoms with Gasteiger partial charge in [0.05, 0.1) is 18.6 Å². The molecule has 0 aliphatic rings. The Bertz CT molecular complexity index is 660. The molecule has 0 unspecified atom stereocenters. The van der Waals surface area contributed by atoms with E-state index in [1.165, 1.54) is 29.1 Å². The number of aromatic nitrogens is 3. The van der Waals surface area contributed by atoms with Gasteiger partial charge < -0.3 is 5.73 Å². The summed E-state index contributed by atoms with van der Waals surface area (Å²) >= 11 is 0. The van der Waals surface area contributed by atoms with Crippen LogP contribution < -0.4 is 11.4 Å². The van der Waals surface area contributed by atoms with Gasteiger partial charge >= 0.3 is 5.69 Å². The van der Waals surface area contributed by atoms with E-state index in [1.54, 1.807) is 6.07 Å². The first-order valence-electron chi connectivity index (χ1n) is 5.54. The molecule has 0 amide bonds. The van der Waals surface area contributed by atoms with Crippen molar-refractivity contribution < 1.29 is 8.78 Å². The van der Waals surface area contributed by atoms with Crippen LogP contribution in [0, 0.1) is 5.82 Å². The molecule has 2 N–H and O–H groups in total. The fourth-order valence-corrected chi connectivity index (χ4v) is 1.58. The van der Waals surface area contributed by atoms with Crippen molar-refractivity contribution in [1.29, 1.82) is 0 Å². The van der Waals surface area contributed by atoms with Crippen molar-refractivity contribution in [1.82, 2.24) is 14.3 Å². The lowest BCUT2D eigenvalue weighted by Crippen LogP contribution is -2.26. The molecule has 0 fully saturated rings. The first-order chi connectivity index (χ1) is 9.15. The Kier molecular flexibility index (Phi) is 3.86. The second-order valence-electron chi connectivity index (χ2n) is 3.89. The lowest BCUT2D eigenvalue weighted by atomic mass is 10.3. The van der Waals surface area contributed by atoms with E-state index in [1.807, 2.05) is 0 Å². The Morgan fingerprint density at radius 3 is 2.89 bits per heavy atom. The maximum Gasteiger partial charge on any atom is 0.350 e. The average molecular weight is 266 g/mol. The van der Waals surface area contributed by atoms with E-state index in [-0.39, 0.29) is 18.7 Å². The van der Waals surface area contributed by atoms with E-state index >= 15 is 0 Å². The SMILES string of the molecule is NCC(=CF)Cn1ncn(-c2cccc(F)c2)c1=O. The summed E-state index contributed by atoms with van der Waals surface area (Å²) in [4.78, 5) is 12.0. The topological polar surface area (TPSA) is 65.8 Å². The summed E-state index contributed by atoms with van der Waals surface area (Å²) < 4.78 is 27.7. The highest BCUT2D eigenvalue weighted by Gasteiger charge is 2.08. The van der Waals surface area contributed by atoms with Crippen LogP contribution in [0.4, 0.5) is 8.78 Å². The Morgan fingerprint density at radius 2 is 2.26 bits per heavy atom. The van der Waals surface area contributed by atoms with Gasteiger partial charge in [-0.15, -0.1) is 0 Å². The number of halogens is 2. The van der Waals surface area contributed by atoms with E-state index in [9.17, 15) is 13.6 Å². The minimum atomic E-state index is -0.488. The van der Waals surface area contributed by atoms with Crippen molar-refractivity contribution >= 4 is 0 Å². The van der Waals surface area contributed by atoms with E-state index in [0.29, 0.717) is 12.0 Å². The molecule has 0 aliphatic heterocycles. The maximum atomic E-state index is 13.1. The van der Waals surface area contributed by atoms with Crippen molar-refractivity contribution in [2.75, 3.05) is 6.54 Å². The third-order valence-electron chi connectivity index (χ3n) is 2.59. The standard InChI is InChI=1S/C12H12F2N4O/c13-5-9(6-15)7-18-12(19)17(8-16-18)11-3-1-2-10(14)4-11/h1-5,8H,6-7,15H2. The molecule has 2 aromatic rings. The van der Waals surface area contributed by atoms with Crippen LogP contribution >= 0.6 is 0 Å². The van der Waals surface area contributed by atoms with Gasteiger partial charge in [0.25, 0.3) is 0 Å². The molecule has 1 heterocycles. The van der Waals surface area contributed by atoms with Gasteiger partial charge in [-0.25, -0.2) is 22.8 Å². The zero-order chi connectivity index (χ0) is 13.8. The highest BCUT2D eigenvalue weighted by molar-refractivity contribution is 5.31. The summed E-state index contributed by atoms with van der Waals surface area (Å²) in [6.45, 7) is -0.0378. The van der Waals surface area contributed by atoms with Gasteiger partial charge in [-0.2, -0.15) is 5.10 Å². The van der Waals surface area contributed by atoms with Gasteiger partial charge in [-0.1, -0.05) is 6.07 Å². The van der Waals surface area contributed by atoms with Crippen LogP contribution in [0.15, 0.2) is 47.3 Å². The van der Waals surface area contributed by atoms with Gasteiger partial charge in [0.1, 0.15) is 12.1 Å². The molecule has 0 saturated heterocycles.